The van der Waals surface area contributed by atoms with Gasteiger partial charge in [-0.3, -0.25) is 14.2 Å². The average Bonchev–Trinajstić information content (AvgIpc) is 2.36. The topological polar surface area (TPSA) is 121 Å². The highest BCUT2D eigenvalue weighted by Crippen LogP contribution is 2.43. The van der Waals surface area contributed by atoms with Gasteiger partial charge in [-0.1, -0.05) is 18.2 Å². The summed E-state index contributed by atoms with van der Waals surface area (Å²) in [6.07, 6.45) is -1.90. The van der Waals surface area contributed by atoms with Crippen LogP contribution in [0.5, 0.6) is 5.75 Å². The van der Waals surface area contributed by atoms with Crippen molar-refractivity contribution in [2.75, 3.05) is 12.5 Å². The van der Waals surface area contributed by atoms with E-state index in [1.807, 2.05) is 0 Å². The second kappa shape index (κ2) is 7.07. The molecule has 0 amide bonds. The van der Waals surface area contributed by atoms with E-state index in [0.717, 1.165) is 0 Å². The third kappa shape index (κ3) is 5.86. The van der Waals surface area contributed by atoms with E-state index in [1.54, 1.807) is 30.3 Å². The summed E-state index contributed by atoms with van der Waals surface area (Å²) < 4.78 is 17.0. The van der Waals surface area contributed by atoms with E-state index in [0.29, 0.717) is 5.75 Å². The molecule has 110 valence electrons. The highest BCUT2D eigenvalue weighted by Gasteiger charge is 2.31. The van der Waals surface area contributed by atoms with Crippen LogP contribution in [0.4, 0.5) is 0 Å². The molecule has 0 aliphatic rings. The van der Waals surface area contributed by atoms with Crippen molar-refractivity contribution in [3.05, 3.63) is 30.3 Å². The fourth-order valence-corrected chi connectivity index (χ4v) is 2.96. The van der Waals surface area contributed by atoms with E-state index >= 15 is 0 Å². The summed E-state index contributed by atoms with van der Waals surface area (Å²) in [5.41, 5.74) is 0. The zero-order valence-corrected chi connectivity index (χ0v) is 11.4. The van der Waals surface area contributed by atoms with Gasteiger partial charge in [0.15, 0.2) is 6.35 Å². The predicted octanol–water partition coefficient (Wildman–Crippen LogP) is 1.47. The summed E-state index contributed by atoms with van der Waals surface area (Å²) in [5, 5.41) is 17.4. The normalized spacial score (nSPS) is 15.1. The summed E-state index contributed by atoms with van der Waals surface area (Å²) in [5.74, 6) is -3.78. The summed E-state index contributed by atoms with van der Waals surface area (Å²) in [6.45, 7) is 0. The van der Waals surface area contributed by atoms with E-state index in [9.17, 15) is 19.0 Å². The van der Waals surface area contributed by atoms with Gasteiger partial charge in [-0.05, 0) is 12.1 Å². The lowest BCUT2D eigenvalue weighted by Gasteiger charge is -2.16. The molecule has 3 N–H and O–H groups in total. The van der Waals surface area contributed by atoms with Crippen LogP contribution in [-0.4, -0.2) is 39.6 Å². The first kappa shape index (κ1) is 16.2. The van der Waals surface area contributed by atoms with E-state index in [2.05, 4.69) is 0 Å². The van der Waals surface area contributed by atoms with Crippen molar-refractivity contribution in [3.8, 4) is 5.75 Å². The number of carboxylic acid groups (broad SMARTS) is 2. The molecule has 1 rings (SSSR count). The smallest absolute Gasteiger partial charge is 0.307 e. The molecule has 0 saturated heterocycles. The first-order valence-electron chi connectivity index (χ1n) is 5.73. The van der Waals surface area contributed by atoms with Gasteiger partial charge < -0.3 is 19.8 Å². The van der Waals surface area contributed by atoms with Crippen molar-refractivity contribution >= 4 is 19.3 Å². The van der Waals surface area contributed by atoms with E-state index in [4.69, 9.17) is 14.9 Å². The molecule has 0 spiro atoms. The van der Waals surface area contributed by atoms with Gasteiger partial charge in [0.25, 0.3) is 0 Å². The van der Waals surface area contributed by atoms with Crippen LogP contribution in [0.15, 0.2) is 30.3 Å². The molecular formula is C12H15O7P. The number of carbonyl (C=O) groups is 2. The summed E-state index contributed by atoms with van der Waals surface area (Å²) >= 11 is 0. The van der Waals surface area contributed by atoms with E-state index in [1.165, 1.54) is 0 Å². The van der Waals surface area contributed by atoms with Crippen LogP contribution in [0, 0.1) is 5.92 Å². The molecule has 1 aromatic carbocycles. The Bertz CT molecular complexity index is 514. The van der Waals surface area contributed by atoms with Crippen molar-refractivity contribution in [2.24, 2.45) is 5.92 Å². The van der Waals surface area contributed by atoms with Crippen molar-refractivity contribution in [3.63, 3.8) is 0 Å². The van der Waals surface area contributed by atoms with Gasteiger partial charge in [0, 0.05) is 6.16 Å². The molecule has 2 unspecified atom stereocenters. The number of benzene rings is 1. The fraction of sp³-hybridized carbons (Fsp3) is 0.333. The number of para-hydroxylation sites is 1. The minimum Gasteiger partial charge on any atom is -0.484 e. The van der Waals surface area contributed by atoms with E-state index in [-0.39, 0.29) is 0 Å². The summed E-state index contributed by atoms with van der Waals surface area (Å²) in [7, 11) is -3.89. The molecule has 8 heteroatoms. The van der Waals surface area contributed by atoms with Gasteiger partial charge in [0.1, 0.15) is 5.75 Å². The molecule has 0 aliphatic heterocycles. The van der Waals surface area contributed by atoms with Crippen LogP contribution in [0.1, 0.15) is 6.42 Å². The maximum atomic E-state index is 11.9. The third-order valence-electron chi connectivity index (χ3n) is 2.45. The van der Waals surface area contributed by atoms with Gasteiger partial charge >= 0.3 is 11.9 Å². The Labute approximate surface area is 115 Å². The number of hydrogen-bond acceptors (Lipinski definition) is 4. The Morgan fingerprint density at radius 1 is 1.20 bits per heavy atom. The molecular weight excluding hydrogens is 287 g/mol. The molecule has 20 heavy (non-hydrogen) atoms. The number of ether oxygens (including phenoxy) is 1. The van der Waals surface area contributed by atoms with Gasteiger partial charge in [-0.2, -0.15) is 0 Å². The molecule has 0 bridgehead atoms. The van der Waals surface area contributed by atoms with Crippen molar-refractivity contribution in [1.82, 2.24) is 0 Å². The molecule has 0 aromatic heterocycles. The predicted molar refractivity (Wildman–Crippen MR) is 70.0 cm³/mol. The maximum absolute atomic E-state index is 11.9. The van der Waals surface area contributed by atoms with Crippen molar-refractivity contribution < 1.29 is 34.0 Å². The maximum Gasteiger partial charge on any atom is 0.307 e. The van der Waals surface area contributed by atoms with Gasteiger partial charge in [-0.15, -0.1) is 0 Å². The zero-order valence-electron chi connectivity index (χ0n) is 10.5. The Morgan fingerprint density at radius 2 is 1.80 bits per heavy atom. The first-order valence-corrected chi connectivity index (χ1v) is 7.76. The standard InChI is InChI=1S/C12H15O7P/c13-11(14)6-9(12(15)16)7-20(17,18)8-19-10-4-2-1-3-5-10/h1-5,9H,6-8H2,(H,13,14)(H,15,16)(H,17,18). The Balaban J connectivity index is 2.61. The fourth-order valence-electron chi connectivity index (χ4n) is 1.53. The number of aliphatic carboxylic acids is 2. The molecule has 0 fully saturated rings. The summed E-state index contributed by atoms with van der Waals surface area (Å²) in [4.78, 5) is 31.0. The monoisotopic (exact) mass is 302 g/mol. The largest absolute Gasteiger partial charge is 0.484 e. The van der Waals surface area contributed by atoms with Gasteiger partial charge in [0.05, 0.1) is 12.3 Å². The van der Waals surface area contributed by atoms with Crippen LogP contribution in [0.3, 0.4) is 0 Å². The lowest BCUT2D eigenvalue weighted by Crippen LogP contribution is -2.22. The molecule has 0 saturated carbocycles. The molecule has 0 radical (unpaired) electrons. The third-order valence-corrected chi connectivity index (χ3v) is 4.00. The molecule has 2 atom stereocenters. The minimum atomic E-state index is -3.89. The second-order valence-corrected chi connectivity index (χ2v) is 6.56. The number of hydrogen-bond donors (Lipinski definition) is 3. The molecule has 0 heterocycles. The molecule has 7 nitrogen and oxygen atoms in total. The van der Waals surface area contributed by atoms with Crippen LogP contribution in [0.25, 0.3) is 0 Å². The summed E-state index contributed by atoms with van der Waals surface area (Å²) in [6, 6.07) is 8.29. The Kier molecular flexibility index (Phi) is 5.73. The van der Waals surface area contributed by atoms with E-state index < -0.39 is 44.2 Å². The van der Waals surface area contributed by atoms with Crippen molar-refractivity contribution in [1.29, 1.82) is 0 Å². The highest BCUT2D eigenvalue weighted by molar-refractivity contribution is 7.57. The Hall–Kier alpha value is -1.85. The van der Waals surface area contributed by atoms with Crippen LogP contribution in [-0.2, 0) is 14.2 Å². The van der Waals surface area contributed by atoms with Gasteiger partial charge in [-0.25, -0.2) is 0 Å². The second-order valence-electron chi connectivity index (χ2n) is 4.25. The van der Waals surface area contributed by atoms with Crippen molar-refractivity contribution in [2.45, 2.75) is 6.42 Å². The quantitative estimate of drug-likeness (QED) is 0.621. The first-order chi connectivity index (χ1) is 9.30. The highest BCUT2D eigenvalue weighted by atomic mass is 31.2. The molecule has 0 aliphatic carbocycles. The number of carboxylic acids is 2. The lowest BCUT2D eigenvalue weighted by atomic mass is 10.1. The van der Waals surface area contributed by atoms with Crippen LogP contribution < -0.4 is 4.74 Å². The number of rotatable bonds is 8. The lowest BCUT2D eigenvalue weighted by molar-refractivity contribution is -0.147. The SMILES string of the molecule is O=C(O)CC(CP(=O)(O)COc1ccccc1)C(=O)O. The minimum absolute atomic E-state index is 0.381. The molecule has 1 aromatic rings. The van der Waals surface area contributed by atoms with Gasteiger partial charge in [0.2, 0.25) is 7.37 Å². The van der Waals surface area contributed by atoms with Crippen LogP contribution >= 0.6 is 7.37 Å². The van der Waals surface area contributed by atoms with Crippen LogP contribution in [0.2, 0.25) is 0 Å². The zero-order chi connectivity index (χ0) is 15.2. The Morgan fingerprint density at radius 3 is 2.30 bits per heavy atom. The average molecular weight is 302 g/mol.